The van der Waals surface area contributed by atoms with Crippen LogP contribution in [0.15, 0.2) is 41.0 Å². The number of amides is 2. The van der Waals surface area contributed by atoms with Crippen LogP contribution in [0.5, 0.6) is 0 Å². The Morgan fingerprint density at radius 3 is 2.71 bits per heavy atom. The van der Waals surface area contributed by atoms with Gasteiger partial charge >= 0.3 is 0 Å². The van der Waals surface area contributed by atoms with Crippen molar-refractivity contribution < 1.29 is 33.6 Å². The van der Waals surface area contributed by atoms with Crippen LogP contribution < -0.4 is 20.7 Å². The minimum absolute atomic E-state index is 0.0436. The third kappa shape index (κ3) is 4.96. The molecule has 2 atom stereocenters. The summed E-state index contributed by atoms with van der Waals surface area (Å²) in [4.78, 5) is 47.5. The van der Waals surface area contributed by atoms with Crippen molar-refractivity contribution in [1.82, 2.24) is 19.6 Å². The maximum absolute atomic E-state index is 12.9. The third-order valence-electron chi connectivity index (χ3n) is 5.22. The molecule has 3 N–H and O–H groups in total. The monoisotopic (exact) mass is 519 g/mol. The van der Waals surface area contributed by atoms with E-state index < -0.39 is 29.2 Å². The average molecular weight is 520 g/mol. The van der Waals surface area contributed by atoms with Crippen molar-refractivity contribution in [2.24, 2.45) is 5.16 Å². The summed E-state index contributed by atoms with van der Waals surface area (Å²) in [6, 6.07) is 2.76. The van der Waals surface area contributed by atoms with Crippen molar-refractivity contribution >= 4 is 51.9 Å². The molecule has 0 aliphatic carbocycles. The van der Waals surface area contributed by atoms with Gasteiger partial charge in [-0.2, -0.15) is 9.36 Å². The summed E-state index contributed by atoms with van der Waals surface area (Å²) in [7, 11) is 2.85. The average Bonchev–Trinajstić information content (AvgIpc) is 3.27. The number of anilines is 1. The molecule has 0 saturated carbocycles. The minimum Gasteiger partial charge on any atom is -0.543 e. The summed E-state index contributed by atoms with van der Waals surface area (Å²) in [6.07, 6.45) is 3.61. The fourth-order valence-electron chi connectivity index (χ4n) is 3.69. The van der Waals surface area contributed by atoms with Crippen molar-refractivity contribution in [2.45, 2.75) is 24.6 Å². The molecule has 15 heteroatoms. The fraction of sp³-hybridized carbons (Fsp3) is 0.350. The van der Waals surface area contributed by atoms with Gasteiger partial charge < -0.3 is 30.5 Å². The number of carbonyl (C=O) groups excluding carboxylic acids is 3. The number of oxime groups is 1. The Labute approximate surface area is 207 Å². The summed E-state index contributed by atoms with van der Waals surface area (Å²) >= 11 is 2.21. The quantitative estimate of drug-likeness (QED) is 0.163. The van der Waals surface area contributed by atoms with Crippen molar-refractivity contribution in [1.29, 1.82) is 0 Å². The number of nitrogen functional groups attached to an aromatic ring is 1. The van der Waals surface area contributed by atoms with Crippen LogP contribution in [0, 0.1) is 0 Å². The molecule has 1 saturated heterocycles. The molecule has 0 radical (unpaired) electrons. The minimum atomic E-state index is -1.45. The third-order valence-corrected chi connectivity index (χ3v) is 7.11. The number of nitrogens with two attached hydrogens (primary N) is 1. The molecular weight excluding hydrogens is 498 g/mol. The summed E-state index contributed by atoms with van der Waals surface area (Å²) < 4.78 is 10.8. The summed E-state index contributed by atoms with van der Waals surface area (Å²) in [5, 5.41) is 17.7. The molecule has 13 nitrogen and oxygen atoms in total. The van der Waals surface area contributed by atoms with Crippen molar-refractivity contribution in [3.63, 3.8) is 0 Å². The standard InChI is InChI=1S/C20H21N7O6S2/c1-32-8-10-3-5-26(6-4-10)7-11-9-34-18-13(17(29)27(18)14(11)19(30)31)22-16(28)12(24-33-2)15-23-20(21)35-25-15/h3-6,13,18H,7-9H2,1-2H3,(H3-,21,22,23,25,28,30,31)/b24-12-/t13-,18-/m1/s1. The zero-order valence-electron chi connectivity index (χ0n) is 18.7. The van der Waals surface area contributed by atoms with Crippen LogP contribution in [-0.2, 0) is 37.1 Å². The van der Waals surface area contributed by atoms with Crippen LogP contribution in [0.1, 0.15) is 11.4 Å². The van der Waals surface area contributed by atoms with E-state index >= 15 is 0 Å². The number of aromatic nitrogens is 3. The highest BCUT2D eigenvalue weighted by Gasteiger charge is 2.53. The van der Waals surface area contributed by atoms with Gasteiger partial charge in [0.15, 0.2) is 24.1 Å². The second-order valence-corrected chi connectivity index (χ2v) is 9.38. The van der Waals surface area contributed by atoms with Crippen molar-refractivity contribution in [3.8, 4) is 0 Å². The van der Waals surface area contributed by atoms with E-state index in [1.807, 2.05) is 29.1 Å². The molecule has 2 aliphatic heterocycles. The highest BCUT2D eigenvalue weighted by molar-refractivity contribution is 8.00. The highest BCUT2D eigenvalue weighted by Crippen LogP contribution is 2.40. The summed E-state index contributed by atoms with van der Waals surface area (Å²) in [5.74, 6) is -2.49. The van der Waals surface area contributed by atoms with E-state index in [2.05, 4.69) is 19.8 Å². The molecule has 35 heavy (non-hydrogen) atoms. The number of fused-ring (bicyclic) bond motifs is 1. The predicted octanol–water partition coefficient (Wildman–Crippen LogP) is -1.99. The van der Waals surface area contributed by atoms with E-state index in [1.54, 1.807) is 7.11 Å². The fourth-order valence-corrected chi connectivity index (χ4v) is 5.46. The van der Waals surface area contributed by atoms with Crippen LogP contribution in [0.25, 0.3) is 0 Å². The first-order valence-corrected chi connectivity index (χ1v) is 12.0. The van der Waals surface area contributed by atoms with Gasteiger partial charge in [0.1, 0.15) is 18.5 Å². The lowest BCUT2D eigenvalue weighted by Gasteiger charge is -2.50. The van der Waals surface area contributed by atoms with Gasteiger partial charge in [0, 0.05) is 42.1 Å². The van der Waals surface area contributed by atoms with Crippen LogP contribution in [0.2, 0.25) is 0 Å². The van der Waals surface area contributed by atoms with Gasteiger partial charge in [-0.25, -0.2) is 4.57 Å². The number of nitrogens with one attached hydrogen (secondary N) is 1. The lowest BCUT2D eigenvalue weighted by atomic mass is 10.0. The number of aliphatic carboxylic acids is 1. The number of thioether (sulfide) groups is 1. The number of β-lactam (4-membered cyclic amide) rings is 1. The topological polar surface area (TPSA) is 176 Å². The largest absolute Gasteiger partial charge is 0.543 e. The van der Waals surface area contributed by atoms with E-state index in [0.29, 0.717) is 17.9 Å². The molecular formula is C20H21N7O6S2. The smallest absolute Gasteiger partial charge is 0.278 e. The van der Waals surface area contributed by atoms with Gasteiger partial charge in [0.25, 0.3) is 11.8 Å². The molecule has 2 aliphatic rings. The maximum Gasteiger partial charge on any atom is 0.278 e. The van der Waals surface area contributed by atoms with Crippen LogP contribution >= 0.6 is 23.3 Å². The first-order valence-electron chi connectivity index (χ1n) is 10.2. The zero-order chi connectivity index (χ0) is 25.1. The highest BCUT2D eigenvalue weighted by atomic mass is 32.2. The van der Waals surface area contributed by atoms with Gasteiger partial charge in [-0.1, -0.05) is 5.16 Å². The lowest BCUT2D eigenvalue weighted by Crippen LogP contribution is -2.71. The van der Waals surface area contributed by atoms with E-state index in [1.165, 1.54) is 18.9 Å². The molecule has 0 spiro atoms. The number of hydrogen-bond donors (Lipinski definition) is 2. The van der Waals surface area contributed by atoms with Gasteiger partial charge in [-0.05, 0) is 5.56 Å². The second-order valence-electron chi connectivity index (χ2n) is 7.49. The maximum atomic E-state index is 12.9. The van der Waals surface area contributed by atoms with Crippen LogP contribution in [0.3, 0.4) is 0 Å². The SMILES string of the molecule is COCc1cc[n+](CC2=C(C(=O)[O-])N3C(=O)[C@@H](NC(=O)/C(=N\OC)c4nsc(N)n4)[C@H]3SC2)cc1. The van der Waals surface area contributed by atoms with Crippen LogP contribution in [0.4, 0.5) is 5.13 Å². The van der Waals surface area contributed by atoms with E-state index in [4.69, 9.17) is 15.3 Å². The molecule has 4 heterocycles. The molecule has 0 aromatic carbocycles. The van der Waals surface area contributed by atoms with Gasteiger partial charge in [0.05, 0.1) is 18.3 Å². The second kappa shape index (κ2) is 10.4. The molecule has 4 rings (SSSR count). The predicted molar refractivity (Wildman–Crippen MR) is 122 cm³/mol. The normalized spacial score (nSPS) is 19.8. The number of methoxy groups -OCH3 is 1. The Bertz CT molecular complexity index is 1210. The zero-order valence-corrected chi connectivity index (χ0v) is 20.3. The van der Waals surface area contributed by atoms with Gasteiger partial charge in [-0.15, -0.1) is 11.8 Å². The van der Waals surface area contributed by atoms with E-state index in [9.17, 15) is 19.5 Å². The number of rotatable bonds is 9. The Balaban J connectivity index is 1.50. The van der Waals surface area contributed by atoms with Gasteiger partial charge in [0.2, 0.25) is 11.5 Å². The molecule has 2 aromatic rings. The number of carboxylic acid groups (broad SMARTS) is 1. The van der Waals surface area contributed by atoms with Crippen molar-refractivity contribution in [2.75, 3.05) is 25.7 Å². The summed E-state index contributed by atoms with van der Waals surface area (Å²) in [6.45, 7) is 0.724. The van der Waals surface area contributed by atoms with E-state index in [-0.39, 0.29) is 28.9 Å². The van der Waals surface area contributed by atoms with E-state index in [0.717, 1.165) is 22.0 Å². The molecule has 0 unspecified atom stereocenters. The molecule has 1 fully saturated rings. The van der Waals surface area contributed by atoms with Gasteiger partial charge in [-0.3, -0.25) is 14.5 Å². The number of ether oxygens (including phenoxy) is 1. The molecule has 2 aromatic heterocycles. The Kier molecular flexibility index (Phi) is 7.28. The Hall–Kier alpha value is -3.56. The van der Waals surface area contributed by atoms with Crippen molar-refractivity contribution in [3.05, 3.63) is 47.2 Å². The molecule has 184 valence electrons. The number of hydrogen-bond acceptors (Lipinski definition) is 12. The number of carbonyl (C=O) groups is 3. The Morgan fingerprint density at radius 1 is 1.37 bits per heavy atom. The number of nitrogens with zero attached hydrogens (tertiary/aromatic N) is 5. The first kappa shape index (κ1) is 24.6. The molecule has 0 bridgehead atoms. The Morgan fingerprint density at radius 2 is 2.11 bits per heavy atom. The first-order chi connectivity index (χ1) is 16.8. The lowest BCUT2D eigenvalue weighted by molar-refractivity contribution is -0.689. The number of carboxylic acids is 1. The molecule has 2 amide bonds. The van der Waals surface area contributed by atoms with Crippen LogP contribution in [-0.4, -0.2) is 69.1 Å². The summed E-state index contributed by atoms with van der Waals surface area (Å²) in [5.41, 5.74) is 6.63. The number of pyridine rings is 1.